The first-order valence-electron chi connectivity index (χ1n) is 4.82. The summed E-state index contributed by atoms with van der Waals surface area (Å²) in [7, 11) is 0. The van der Waals surface area contributed by atoms with Crippen molar-refractivity contribution < 1.29 is 4.79 Å². The Morgan fingerprint density at radius 2 is 1.81 bits per heavy atom. The van der Waals surface area contributed by atoms with E-state index >= 15 is 0 Å². The molecule has 80 valence electrons. The van der Waals surface area contributed by atoms with E-state index in [0.717, 1.165) is 4.90 Å². The van der Waals surface area contributed by atoms with Gasteiger partial charge in [0.2, 0.25) is 0 Å². The third-order valence-electron chi connectivity index (χ3n) is 2.01. The summed E-state index contributed by atoms with van der Waals surface area (Å²) in [5.74, 6) is 0.0547. The quantitative estimate of drug-likeness (QED) is 0.600. The molecule has 0 unspecified atom stereocenters. The molecule has 0 bridgehead atoms. The van der Waals surface area contributed by atoms with Gasteiger partial charge in [0, 0.05) is 22.9 Å². The number of Topliss-reactive ketones (excluding diaryl/α,β-unsaturated/α-hetero) is 1. The second-order valence-corrected chi connectivity index (χ2v) is 4.19. The van der Waals surface area contributed by atoms with Crippen LogP contribution in [-0.4, -0.2) is 15.8 Å². The second-order valence-electron chi connectivity index (χ2n) is 3.19. The zero-order valence-corrected chi connectivity index (χ0v) is 9.57. The lowest BCUT2D eigenvalue weighted by Crippen LogP contribution is -1.95. The van der Waals surface area contributed by atoms with Crippen LogP contribution in [0.4, 0.5) is 0 Å². The van der Waals surface area contributed by atoms with Crippen LogP contribution in [0.2, 0.25) is 0 Å². The van der Waals surface area contributed by atoms with Crippen LogP contribution in [0.5, 0.6) is 0 Å². The van der Waals surface area contributed by atoms with Crippen molar-refractivity contribution in [1.82, 2.24) is 9.97 Å². The molecule has 0 aliphatic heterocycles. The van der Waals surface area contributed by atoms with Crippen molar-refractivity contribution in [3.05, 3.63) is 48.3 Å². The molecule has 1 aromatic carbocycles. The van der Waals surface area contributed by atoms with Gasteiger partial charge in [-0.3, -0.25) is 4.79 Å². The molecule has 0 N–H and O–H groups in total. The summed E-state index contributed by atoms with van der Waals surface area (Å²) < 4.78 is 0. The highest BCUT2D eigenvalue weighted by molar-refractivity contribution is 7.99. The number of rotatable bonds is 3. The normalized spacial score (nSPS) is 10.1. The second kappa shape index (κ2) is 4.90. The molecule has 0 fully saturated rings. The SMILES string of the molecule is CC(=O)c1ccccc1Sc1ncccn1. The number of aromatic nitrogens is 2. The van der Waals surface area contributed by atoms with Crippen molar-refractivity contribution in [3.63, 3.8) is 0 Å². The summed E-state index contributed by atoms with van der Waals surface area (Å²) >= 11 is 1.40. The van der Waals surface area contributed by atoms with Crippen LogP contribution in [0.3, 0.4) is 0 Å². The van der Waals surface area contributed by atoms with Crippen molar-refractivity contribution in [3.8, 4) is 0 Å². The highest BCUT2D eigenvalue weighted by atomic mass is 32.2. The van der Waals surface area contributed by atoms with Crippen molar-refractivity contribution in [2.45, 2.75) is 17.0 Å². The Morgan fingerprint density at radius 3 is 2.50 bits per heavy atom. The molecular weight excluding hydrogens is 220 g/mol. The third kappa shape index (κ3) is 2.46. The van der Waals surface area contributed by atoms with E-state index in [2.05, 4.69) is 9.97 Å². The first-order chi connectivity index (χ1) is 7.77. The third-order valence-corrected chi connectivity index (χ3v) is 2.98. The van der Waals surface area contributed by atoms with E-state index in [4.69, 9.17) is 0 Å². The van der Waals surface area contributed by atoms with Crippen LogP contribution >= 0.6 is 11.8 Å². The van der Waals surface area contributed by atoms with E-state index in [1.54, 1.807) is 25.4 Å². The molecule has 0 spiro atoms. The molecule has 16 heavy (non-hydrogen) atoms. The zero-order valence-electron chi connectivity index (χ0n) is 8.75. The number of hydrogen-bond donors (Lipinski definition) is 0. The smallest absolute Gasteiger partial charge is 0.192 e. The van der Waals surface area contributed by atoms with E-state index in [-0.39, 0.29) is 5.78 Å². The van der Waals surface area contributed by atoms with E-state index < -0.39 is 0 Å². The monoisotopic (exact) mass is 230 g/mol. The number of ketones is 1. The standard InChI is InChI=1S/C12H10N2OS/c1-9(15)10-5-2-3-6-11(10)16-12-13-7-4-8-14-12/h2-8H,1H3. The molecular formula is C12H10N2OS. The van der Waals surface area contributed by atoms with E-state index in [1.165, 1.54) is 11.8 Å². The highest BCUT2D eigenvalue weighted by Gasteiger charge is 2.08. The minimum atomic E-state index is 0.0547. The maximum atomic E-state index is 11.4. The molecule has 2 aromatic rings. The topological polar surface area (TPSA) is 42.9 Å². The molecule has 2 rings (SSSR count). The van der Waals surface area contributed by atoms with Crippen LogP contribution in [0.25, 0.3) is 0 Å². The highest BCUT2D eigenvalue weighted by Crippen LogP contribution is 2.27. The number of benzene rings is 1. The maximum Gasteiger partial charge on any atom is 0.192 e. The van der Waals surface area contributed by atoms with Gasteiger partial charge in [-0.15, -0.1) is 0 Å². The van der Waals surface area contributed by atoms with Gasteiger partial charge < -0.3 is 0 Å². The lowest BCUT2D eigenvalue weighted by Gasteiger charge is -2.04. The Balaban J connectivity index is 2.31. The Hall–Kier alpha value is -1.68. The molecule has 0 saturated carbocycles. The van der Waals surface area contributed by atoms with Crippen LogP contribution in [0, 0.1) is 0 Å². The molecule has 0 aliphatic rings. The van der Waals surface area contributed by atoms with Crippen LogP contribution in [-0.2, 0) is 0 Å². The Morgan fingerprint density at radius 1 is 1.12 bits per heavy atom. The molecule has 0 aliphatic carbocycles. The Labute approximate surface area is 97.9 Å². The number of hydrogen-bond acceptors (Lipinski definition) is 4. The largest absolute Gasteiger partial charge is 0.294 e. The first-order valence-corrected chi connectivity index (χ1v) is 5.64. The van der Waals surface area contributed by atoms with Gasteiger partial charge in [0.25, 0.3) is 0 Å². The number of nitrogens with zero attached hydrogens (tertiary/aromatic N) is 2. The fourth-order valence-corrected chi connectivity index (χ4v) is 2.18. The van der Waals surface area contributed by atoms with E-state index in [9.17, 15) is 4.79 Å². The molecule has 1 aromatic heterocycles. The zero-order chi connectivity index (χ0) is 11.4. The Bertz CT molecular complexity index is 499. The first kappa shape index (κ1) is 10.8. The van der Waals surface area contributed by atoms with Gasteiger partial charge >= 0.3 is 0 Å². The average molecular weight is 230 g/mol. The molecule has 4 heteroatoms. The summed E-state index contributed by atoms with van der Waals surface area (Å²) in [6, 6.07) is 9.23. The summed E-state index contributed by atoms with van der Waals surface area (Å²) in [5, 5.41) is 0.649. The number of carbonyl (C=O) groups is 1. The van der Waals surface area contributed by atoms with Crippen molar-refractivity contribution in [2.75, 3.05) is 0 Å². The fourth-order valence-electron chi connectivity index (χ4n) is 1.28. The Kier molecular flexibility index (Phi) is 3.31. The van der Waals surface area contributed by atoms with Crippen LogP contribution in [0.1, 0.15) is 17.3 Å². The minimum absolute atomic E-state index is 0.0547. The lowest BCUT2D eigenvalue weighted by molar-refractivity contribution is 0.101. The van der Waals surface area contributed by atoms with Gasteiger partial charge in [-0.2, -0.15) is 0 Å². The molecule has 0 atom stereocenters. The van der Waals surface area contributed by atoms with Crippen molar-refractivity contribution in [2.24, 2.45) is 0 Å². The lowest BCUT2D eigenvalue weighted by atomic mass is 10.1. The number of carbonyl (C=O) groups excluding carboxylic acids is 1. The van der Waals surface area contributed by atoms with Gasteiger partial charge in [-0.25, -0.2) is 9.97 Å². The fraction of sp³-hybridized carbons (Fsp3) is 0.0833. The van der Waals surface area contributed by atoms with Crippen LogP contribution in [0.15, 0.2) is 52.8 Å². The van der Waals surface area contributed by atoms with Gasteiger partial charge in [0.05, 0.1) is 0 Å². The molecule has 0 radical (unpaired) electrons. The minimum Gasteiger partial charge on any atom is -0.294 e. The van der Waals surface area contributed by atoms with Gasteiger partial charge in [-0.05, 0) is 30.8 Å². The van der Waals surface area contributed by atoms with Crippen molar-refractivity contribution in [1.29, 1.82) is 0 Å². The van der Waals surface area contributed by atoms with E-state index in [0.29, 0.717) is 10.7 Å². The molecule has 0 amide bonds. The van der Waals surface area contributed by atoms with Gasteiger partial charge in [0.15, 0.2) is 10.9 Å². The van der Waals surface area contributed by atoms with Crippen LogP contribution < -0.4 is 0 Å². The average Bonchev–Trinajstić information content (AvgIpc) is 2.31. The van der Waals surface area contributed by atoms with Crippen molar-refractivity contribution >= 4 is 17.5 Å². The molecule has 3 nitrogen and oxygen atoms in total. The van der Waals surface area contributed by atoms with E-state index in [1.807, 2.05) is 24.3 Å². The summed E-state index contributed by atoms with van der Waals surface area (Å²) in [4.78, 5) is 20.5. The molecule has 0 saturated heterocycles. The van der Waals surface area contributed by atoms with Gasteiger partial charge in [0.1, 0.15) is 0 Å². The molecule has 1 heterocycles. The summed E-state index contributed by atoms with van der Waals surface area (Å²) in [6.07, 6.45) is 3.37. The predicted molar refractivity (Wildman–Crippen MR) is 62.6 cm³/mol. The summed E-state index contributed by atoms with van der Waals surface area (Å²) in [5.41, 5.74) is 0.708. The predicted octanol–water partition coefficient (Wildman–Crippen LogP) is 2.83. The summed E-state index contributed by atoms with van der Waals surface area (Å²) in [6.45, 7) is 1.56. The maximum absolute atomic E-state index is 11.4. The van der Waals surface area contributed by atoms with Gasteiger partial charge in [-0.1, -0.05) is 18.2 Å².